The summed E-state index contributed by atoms with van der Waals surface area (Å²) in [6, 6.07) is 5.67. The van der Waals surface area contributed by atoms with Crippen LogP contribution in [0.2, 0.25) is 0 Å². The van der Waals surface area contributed by atoms with Crippen molar-refractivity contribution in [1.82, 2.24) is 5.32 Å². The van der Waals surface area contributed by atoms with Crippen LogP contribution >= 0.6 is 0 Å². The lowest BCUT2D eigenvalue weighted by atomic mass is 9.87. The molecule has 1 aliphatic rings. The molecule has 1 fully saturated rings. The van der Waals surface area contributed by atoms with Crippen molar-refractivity contribution in [3.8, 4) is 0 Å². The van der Waals surface area contributed by atoms with E-state index in [0.29, 0.717) is 12.2 Å². The zero-order valence-electron chi connectivity index (χ0n) is 11.5. The first-order valence-electron chi connectivity index (χ1n) is 7.01. The van der Waals surface area contributed by atoms with Crippen LogP contribution in [0.3, 0.4) is 0 Å². The van der Waals surface area contributed by atoms with Gasteiger partial charge in [-0.1, -0.05) is 12.8 Å². The zero-order valence-corrected chi connectivity index (χ0v) is 11.5. The Bertz CT molecular complexity index is 442. The fourth-order valence-electron chi connectivity index (χ4n) is 2.70. The Balaban J connectivity index is 1.73. The van der Waals surface area contributed by atoms with Crippen molar-refractivity contribution < 1.29 is 14.3 Å². The van der Waals surface area contributed by atoms with E-state index in [-0.39, 0.29) is 30.3 Å². The van der Waals surface area contributed by atoms with Crippen LogP contribution in [0, 0.1) is 11.2 Å². The highest BCUT2D eigenvalue weighted by atomic mass is 19.1. The highest BCUT2D eigenvalue weighted by Gasteiger charge is 2.32. The van der Waals surface area contributed by atoms with Gasteiger partial charge in [-0.3, -0.25) is 4.79 Å². The Kier molecular flexibility index (Phi) is 5.09. The maximum Gasteiger partial charge on any atom is 0.238 e. The van der Waals surface area contributed by atoms with Crippen molar-refractivity contribution in [1.29, 1.82) is 0 Å². The summed E-state index contributed by atoms with van der Waals surface area (Å²) in [6.45, 7) is 1.01. The minimum atomic E-state index is -0.327. The summed E-state index contributed by atoms with van der Waals surface area (Å²) in [5.74, 6) is -0.491. The van der Waals surface area contributed by atoms with Crippen LogP contribution in [-0.2, 0) is 4.79 Å². The molecule has 0 unspecified atom stereocenters. The van der Waals surface area contributed by atoms with Crippen LogP contribution in [-0.4, -0.2) is 30.7 Å². The third-order valence-electron chi connectivity index (χ3n) is 3.91. The molecule has 0 atom stereocenters. The SMILES string of the molecule is O=C(CNCC1(CO)CCCC1)Nc1ccc(F)cc1. The summed E-state index contributed by atoms with van der Waals surface area (Å²) in [5, 5.41) is 15.3. The summed E-state index contributed by atoms with van der Waals surface area (Å²) in [6.07, 6.45) is 4.31. The molecule has 110 valence electrons. The Morgan fingerprint density at radius 3 is 2.50 bits per heavy atom. The number of carbonyl (C=O) groups excluding carboxylic acids is 1. The first-order chi connectivity index (χ1) is 9.63. The van der Waals surface area contributed by atoms with Crippen molar-refractivity contribution in [2.45, 2.75) is 25.7 Å². The smallest absolute Gasteiger partial charge is 0.238 e. The number of hydrogen-bond donors (Lipinski definition) is 3. The van der Waals surface area contributed by atoms with Crippen LogP contribution in [0.5, 0.6) is 0 Å². The normalized spacial score (nSPS) is 17.1. The molecule has 1 amide bonds. The van der Waals surface area contributed by atoms with E-state index in [2.05, 4.69) is 10.6 Å². The summed E-state index contributed by atoms with van der Waals surface area (Å²) in [7, 11) is 0. The average molecular weight is 280 g/mol. The summed E-state index contributed by atoms with van der Waals surface area (Å²) < 4.78 is 12.7. The number of nitrogens with one attached hydrogen (secondary N) is 2. The van der Waals surface area contributed by atoms with Gasteiger partial charge in [-0.2, -0.15) is 0 Å². The standard InChI is InChI=1S/C15H21FN2O2/c16-12-3-5-13(6-4-12)18-14(20)9-17-10-15(11-19)7-1-2-8-15/h3-6,17,19H,1-2,7-11H2,(H,18,20). The third-order valence-corrected chi connectivity index (χ3v) is 3.91. The molecule has 0 bridgehead atoms. The van der Waals surface area contributed by atoms with Crippen molar-refractivity contribution in [2.24, 2.45) is 5.41 Å². The molecule has 0 saturated heterocycles. The largest absolute Gasteiger partial charge is 0.396 e. The number of carbonyl (C=O) groups is 1. The van der Waals surface area contributed by atoms with Gasteiger partial charge in [0.05, 0.1) is 6.54 Å². The van der Waals surface area contributed by atoms with Gasteiger partial charge in [0.1, 0.15) is 5.82 Å². The van der Waals surface area contributed by atoms with Gasteiger partial charge in [-0.05, 0) is 37.1 Å². The van der Waals surface area contributed by atoms with Crippen LogP contribution in [0.1, 0.15) is 25.7 Å². The molecule has 0 heterocycles. The molecule has 0 radical (unpaired) electrons. The second kappa shape index (κ2) is 6.81. The number of aliphatic hydroxyl groups is 1. The van der Waals surface area contributed by atoms with E-state index in [4.69, 9.17) is 0 Å². The molecule has 1 aromatic rings. The number of hydrogen-bond acceptors (Lipinski definition) is 3. The van der Waals surface area contributed by atoms with Gasteiger partial charge in [0.25, 0.3) is 0 Å². The van der Waals surface area contributed by atoms with Crippen molar-refractivity contribution in [2.75, 3.05) is 25.0 Å². The lowest BCUT2D eigenvalue weighted by Gasteiger charge is -2.26. The Morgan fingerprint density at radius 2 is 1.90 bits per heavy atom. The first-order valence-corrected chi connectivity index (χ1v) is 7.01. The molecule has 20 heavy (non-hydrogen) atoms. The minimum Gasteiger partial charge on any atom is -0.396 e. The Hall–Kier alpha value is -1.46. The van der Waals surface area contributed by atoms with E-state index < -0.39 is 0 Å². The lowest BCUT2D eigenvalue weighted by molar-refractivity contribution is -0.115. The van der Waals surface area contributed by atoms with Gasteiger partial charge in [-0.15, -0.1) is 0 Å². The number of halogens is 1. The van der Waals surface area contributed by atoms with E-state index >= 15 is 0 Å². The third kappa shape index (κ3) is 4.02. The number of benzene rings is 1. The molecule has 2 rings (SSSR count). The van der Waals surface area contributed by atoms with Gasteiger partial charge in [0, 0.05) is 24.3 Å². The minimum absolute atomic E-state index is 0.0594. The molecule has 0 aromatic heterocycles. The summed E-state index contributed by atoms with van der Waals surface area (Å²) >= 11 is 0. The molecule has 4 nitrogen and oxygen atoms in total. The molecule has 1 aliphatic carbocycles. The lowest BCUT2D eigenvalue weighted by Crippen LogP contribution is -2.38. The van der Waals surface area contributed by atoms with E-state index in [1.165, 1.54) is 24.3 Å². The van der Waals surface area contributed by atoms with Crippen molar-refractivity contribution in [3.05, 3.63) is 30.1 Å². The van der Waals surface area contributed by atoms with Gasteiger partial charge in [0.15, 0.2) is 0 Å². The number of amides is 1. The van der Waals surface area contributed by atoms with E-state index in [1.54, 1.807) is 0 Å². The van der Waals surface area contributed by atoms with Gasteiger partial charge in [0.2, 0.25) is 5.91 Å². The molecular weight excluding hydrogens is 259 g/mol. The van der Waals surface area contributed by atoms with E-state index in [1.807, 2.05) is 0 Å². The van der Waals surface area contributed by atoms with E-state index in [9.17, 15) is 14.3 Å². The number of rotatable bonds is 6. The molecule has 0 aliphatic heterocycles. The molecular formula is C15H21FN2O2. The topological polar surface area (TPSA) is 61.4 Å². The van der Waals surface area contributed by atoms with Crippen LogP contribution < -0.4 is 10.6 Å². The van der Waals surface area contributed by atoms with E-state index in [0.717, 1.165) is 25.7 Å². The highest BCUT2D eigenvalue weighted by molar-refractivity contribution is 5.92. The number of anilines is 1. The maximum atomic E-state index is 12.7. The van der Waals surface area contributed by atoms with Gasteiger partial charge in [-0.25, -0.2) is 4.39 Å². The summed E-state index contributed by atoms with van der Waals surface area (Å²) in [5.41, 5.74) is 0.520. The fraction of sp³-hybridized carbons (Fsp3) is 0.533. The molecule has 1 saturated carbocycles. The monoisotopic (exact) mass is 280 g/mol. The predicted molar refractivity (Wildman–Crippen MR) is 75.9 cm³/mol. The van der Waals surface area contributed by atoms with Crippen molar-refractivity contribution >= 4 is 11.6 Å². The first kappa shape index (κ1) is 14.9. The van der Waals surface area contributed by atoms with Gasteiger partial charge < -0.3 is 15.7 Å². The highest BCUT2D eigenvalue weighted by Crippen LogP contribution is 2.36. The quantitative estimate of drug-likeness (QED) is 0.746. The average Bonchev–Trinajstić information content (AvgIpc) is 2.91. The fourth-order valence-corrected chi connectivity index (χ4v) is 2.70. The van der Waals surface area contributed by atoms with Crippen LogP contribution in [0.4, 0.5) is 10.1 Å². The summed E-state index contributed by atoms with van der Waals surface area (Å²) in [4.78, 5) is 11.7. The van der Waals surface area contributed by atoms with Crippen molar-refractivity contribution in [3.63, 3.8) is 0 Å². The van der Waals surface area contributed by atoms with Gasteiger partial charge >= 0.3 is 0 Å². The second-order valence-corrected chi connectivity index (χ2v) is 5.52. The maximum absolute atomic E-state index is 12.7. The molecule has 1 aromatic carbocycles. The van der Waals surface area contributed by atoms with Crippen LogP contribution in [0.25, 0.3) is 0 Å². The zero-order chi connectivity index (χ0) is 14.4. The second-order valence-electron chi connectivity index (χ2n) is 5.52. The molecule has 0 spiro atoms. The molecule has 3 N–H and O–H groups in total. The predicted octanol–water partition coefficient (Wildman–Crippen LogP) is 1.91. The van der Waals surface area contributed by atoms with Crippen LogP contribution in [0.15, 0.2) is 24.3 Å². The Morgan fingerprint density at radius 1 is 1.25 bits per heavy atom. The number of aliphatic hydroxyl groups excluding tert-OH is 1. The Labute approximate surface area is 118 Å². The molecule has 5 heteroatoms.